The van der Waals surface area contributed by atoms with E-state index in [1.807, 2.05) is 24.3 Å². The summed E-state index contributed by atoms with van der Waals surface area (Å²) in [5, 5.41) is 7.64. The van der Waals surface area contributed by atoms with Crippen LogP contribution in [-0.4, -0.2) is 26.1 Å². The lowest BCUT2D eigenvalue weighted by molar-refractivity contribution is 0.212. The molecule has 0 radical (unpaired) electrons. The minimum absolute atomic E-state index is 0.572. The Hall–Kier alpha value is -1.11. The van der Waals surface area contributed by atoms with Gasteiger partial charge in [-0.05, 0) is 40.3 Å². The molecule has 1 aromatic rings. The van der Waals surface area contributed by atoms with Gasteiger partial charge in [0.25, 0.3) is 0 Å². The molecular weight excluding hydrogens is 319 g/mol. The summed E-state index contributed by atoms with van der Waals surface area (Å²) >= 11 is 2.26. The highest BCUT2D eigenvalue weighted by Gasteiger charge is 2.02. The van der Waals surface area contributed by atoms with Crippen LogP contribution in [0.1, 0.15) is 12.0 Å². The van der Waals surface area contributed by atoms with Gasteiger partial charge in [-0.3, -0.25) is 0 Å². The normalized spacial score (nSPS) is 11.8. The second-order valence-corrected chi connectivity index (χ2v) is 4.15. The molecule has 0 N–H and O–H groups in total. The highest BCUT2D eigenvalue weighted by Crippen LogP contribution is 2.09. The third-order valence-electron chi connectivity index (χ3n) is 1.84. The molecule has 0 spiro atoms. The SMILES string of the molecule is CO/N=C(/C/C=N/OC)c1ccc(I)cc1. The Bertz CT molecular complexity index is 374. The molecule has 86 valence electrons. The number of benzene rings is 1. The fraction of sp³-hybridized carbons (Fsp3) is 0.273. The lowest BCUT2D eigenvalue weighted by Crippen LogP contribution is -2.02. The van der Waals surface area contributed by atoms with E-state index in [1.54, 1.807) is 6.21 Å². The molecule has 4 nitrogen and oxygen atoms in total. The lowest BCUT2D eigenvalue weighted by Gasteiger charge is -2.02. The Morgan fingerprint density at radius 1 is 1.25 bits per heavy atom. The first-order valence-electron chi connectivity index (χ1n) is 4.69. The minimum atomic E-state index is 0.572. The van der Waals surface area contributed by atoms with Crippen molar-refractivity contribution in [2.75, 3.05) is 14.2 Å². The van der Waals surface area contributed by atoms with Crippen LogP contribution >= 0.6 is 22.6 Å². The van der Waals surface area contributed by atoms with Gasteiger partial charge >= 0.3 is 0 Å². The molecule has 0 aliphatic carbocycles. The predicted molar refractivity (Wildman–Crippen MR) is 72.8 cm³/mol. The zero-order valence-electron chi connectivity index (χ0n) is 9.18. The lowest BCUT2D eigenvalue weighted by atomic mass is 10.1. The van der Waals surface area contributed by atoms with Crippen LogP contribution in [0.4, 0.5) is 0 Å². The van der Waals surface area contributed by atoms with Crippen molar-refractivity contribution in [2.45, 2.75) is 6.42 Å². The van der Waals surface area contributed by atoms with Crippen molar-refractivity contribution < 1.29 is 9.68 Å². The van der Waals surface area contributed by atoms with Crippen molar-refractivity contribution >= 4 is 34.5 Å². The third-order valence-corrected chi connectivity index (χ3v) is 2.56. The fourth-order valence-corrected chi connectivity index (χ4v) is 1.52. The van der Waals surface area contributed by atoms with Crippen molar-refractivity contribution in [3.63, 3.8) is 0 Å². The highest BCUT2D eigenvalue weighted by molar-refractivity contribution is 14.1. The first-order valence-corrected chi connectivity index (χ1v) is 5.76. The van der Waals surface area contributed by atoms with Crippen molar-refractivity contribution in [2.24, 2.45) is 10.3 Å². The molecule has 1 aromatic carbocycles. The summed E-state index contributed by atoms with van der Waals surface area (Å²) in [6.45, 7) is 0. The van der Waals surface area contributed by atoms with Crippen LogP contribution in [0.15, 0.2) is 34.6 Å². The summed E-state index contributed by atoms with van der Waals surface area (Å²) in [7, 11) is 3.04. The first-order chi connectivity index (χ1) is 7.77. The zero-order valence-corrected chi connectivity index (χ0v) is 11.3. The number of nitrogens with zero attached hydrogens (tertiary/aromatic N) is 2. The van der Waals surface area contributed by atoms with Crippen LogP contribution in [0.25, 0.3) is 0 Å². The number of oxime groups is 2. The number of halogens is 1. The van der Waals surface area contributed by atoms with Crippen LogP contribution in [0.3, 0.4) is 0 Å². The first kappa shape index (κ1) is 13.0. The van der Waals surface area contributed by atoms with Crippen LogP contribution in [-0.2, 0) is 9.68 Å². The predicted octanol–water partition coefficient (Wildman–Crippen LogP) is 2.66. The number of hydrogen-bond donors (Lipinski definition) is 0. The molecule has 0 saturated heterocycles. The van der Waals surface area contributed by atoms with Gasteiger partial charge in [-0.1, -0.05) is 22.4 Å². The van der Waals surface area contributed by atoms with Crippen LogP contribution < -0.4 is 0 Å². The van der Waals surface area contributed by atoms with Gasteiger partial charge < -0.3 is 9.68 Å². The second kappa shape index (κ2) is 7.21. The van der Waals surface area contributed by atoms with E-state index in [0.29, 0.717) is 6.42 Å². The molecule has 0 amide bonds. The largest absolute Gasteiger partial charge is 0.399 e. The van der Waals surface area contributed by atoms with Crippen LogP contribution in [0.2, 0.25) is 0 Å². The van der Waals surface area contributed by atoms with E-state index in [4.69, 9.17) is 4.84 Å². The Kier molecular flexibility index (Phi) is 5.84. The number of hydrogen-bond acceptors (Lipinski definition) is 4. The van der Waals surface area contributed by atoms with Crippen molar-refractivity contribution in [1.82, 2.24) is 0 Å². The van der Waals surface area contributed by atoms with Gasteiger partial charge in [0.2, 0.25) is 0 Å². The molecule has 0 saturated carbocycles. The van der Waals surface area contributed by atoms with Gasteiger partial charge in [-0.2, -0.15) is 0 Å². The molecule has 0 atom stereocenters. The molecule has 5 heteroatoms. The Balaban J connectivity index is 2.81. The van der Waals surface area contributed by atoms with Gasteiger partial charge in [-0.25, -0.2) is 0 Å². The summed E-state index contributed by atoms with van der Waals surface area (Å²) in [6, 6.07) is 8.05. The molecule has 16 heavy (non-hydrogen) atoms. The standard InChI is InChI=1S/C11H13IN2O2/c1-15-13-8-7-11(14-16-2)9-3-5-10(12)6-4-9/h3-6,8H,7H2,1-2H3/b13-8+,14-11-. The summed E-state index contributed by atoms with van der Waals surface area (Å²) in [4.78, 5) is 9.40. The molecule has 0 fully saturated rings. The van der Waals surface area contributed by atoms with Gasteiger partial charge in [0.15, 0.2) is 0 Å². The van der Waals surface area contributed by atoms with E-state index in [9.17, 15) is 0 Å². The summed E-state index contributed by atoms with van der Waals surface area (Å²) in [6.07, 6.45) is 2.22. The minimum Gasteiger partial charge on any atom is -0.399 e. The van der Waals surface area contributed by atoms with Crippen LogP contribution in [0.5, 0.6) is 0 Å². The van der Waals surface area contributed by atoms with Crippen molar-refractivity contribution in [1.29, 1.82) is 0 Å². The van der Waals surface area contributed by atoms with E-state index in [2.05, 4.69) is 37.7 Å². The van der Waals surface area contributed by atoms with Gasteiger partial charge in [0, 0.05) is 16.2 Å². The molecule has 0 heterocycles. The smallest absolute Gasteiger partial charge is 0.106 e. The van der Waals surface area contributed by atoms with E-state index in [-0.39, 0.29) is 0 Å². The quantitative estimate of drug-likeness (QED) is 0.473. The Labute approximate surface area is 108 Å². The molecule has 1 rings (SSSR count). The van der Waals surface area contributed by atoms with E-state index >= 15 is 0 Å². The molecule has 0 bridgehead atoms. The molecule has 0 aromatic heterocycles. The summed E-state index contributed by atoms with van der Waals surface area (Å²) in [5.41, 5.74) is 1.84. The second-order valence-electron chi connectivity index (χ2n) is 2.90. The maximum atomic E-state index is 4.80. The van der Waals surface area contributed by atoms with E-state index in [0.717, 1.165) is 11.3 Å². The third kappa shape index (κ3) is 4.18. The van der Waals surface area contributed by atoms with Gasteiger partial charge in [-0.15, -0.1) is 0 Å². The topological polar surface area (TPSA) is 43.2 Å². The highest BCUT2D eigenvalue weighted by atomic mass is 127. The summed E-state index contributed by atoms with van der Waals surface area (Å²) < 4.78 is 1.18. The fourth-order valence-electron chi connectivity index (χ4n) is 1.16. The molecule has 0 unspecified atom stereocenters. The Morgan fingerprint density at radius 2 is 1.94 bits per heavy atom. The zero-order chi connectivity index (χ0) is 11.8. The number of rotatable bonds is 5. The summed E-state index contributed by atoms with van der Waals surface area (Å²) in [5.74, 6) is 0. The van der Waals surface area contributed by atoms with Gasteiger partial charge in [0.1, 0.15) is 14.2 Å². The van der Waals surface area contributed by atoms with Crippen molar-refractivity contribution in [3.8, 4) is 0 Å². The van der Waals surface area contributed by atoms with Crippen LogP contribution in [0, 0.1) is 3.57 Å². The molecule has 0 aliphatic heterocycles. The van der Waals surface area contributed by atoms with E-state index in [1.165, 1.54) is 17.8 Å². The molecular formula is C11H13IN2O2. The average molecular weight is 332 g/mol. The van der Waals surface area contributed by atoms with Crippen molar-refractivity contribution in [3.05, 3.63) is 33.4 Å². The maximum absolute atomic E-state index is 4.80. The van der Waals surface area contributed by atoms with E-state index < -0.39 is 0 Å². The average Bonchev–Trinajstić information content (AvgIpc) is 2.29. The molecule has 0 aliphatic rings. The maximum Gasteiger partial charge on any atom is 0.106 e. The monoisotopic (exact) mass is 332 g/mol. The van der Waals surface area contributed by atoms with Gasteiger partial charge in [0.05, 0.1) is 5.71 Å². The Morgan fingerprint density at radius 3 is 2.50 bits per heavy atom.